The minimum Gasteiger partial charge on any atom is -0.435 e. The van der Waals surface area contributed by atoms with Gasteiger partial charge in [0.1, 0.15) is 17.1 Å². The number of ether oxygens (including phenoxy) is 1. The number of amidine groups is 1. The van der Waals surface area contributed by atoms with Crippen LogP contribution in [-0.2, 0) is 14.1 Å². The van der Waals surface area contributed by atoms with Crippen LogP contribution in [0.5, 0.6) is 11.6 Å². The van der Waals surface area contributed by atoms with E-state index in [2.05, 4.69) is 10.2 Å². The summed E-state index contributed by atoms with van der Waals surface area (Å²) < 4.78 is 9.23. The minimum atomic E-state index is -0.0557. The zero-order chi connectivity index (χ0) is 14.3. The average Bonchev–Trinajstić information content (AvgIpc) is 2.70. The van der Waals surface area contributed by atoms with Crippen molar-refractivity contribution in [2.75, 3.05) is 0 Å². The number of aryl methyl sites for hydroxylation is 4. The second-order valence-corrected chi connectivity index (χ2v) is 4.53. The van der Waals surface area contributed by atoms with Gasteiger partial charge in [-0.2, -0.15) is 10.2 Å². The second kappa shape index (κ2) is 4.42. The first-order valence-corrected chi connectivity index (χ1v) is 5.89. The molecule has 7 heteroatoms. The number of nitrogens with zero attached hydrogens (tertiary/aromatic N) is 4. The first kappa shape index (κ1) is 13.1. The lowest BCUT2D eigenvalue weighted by Gasteiger charge is -2.08. The van der Waals surface area contributed by atoms with Gasteiger partial charge >= 0.3 is 0 Å². The molecule has 0 bridgehead atoms. The molecular weight excluding hydrogens is 244 g/mol. The van der Waals surface area contributed by atoms with Crippen molar-refractivity contribution >= 4 is 5.84 Å². The Hall–Kier alpha value is -2.31. The van der Waals surface area contributed by atoms with Gasteiger partial charge in [0, 0.05) is 14.1 Å². The van der Waals surface area contributed by atoms with Gasteiger partial charge in [-0.25, -0.2) is 4.68 Å². The first-order valence-electron chi connectivity index (χ1n) is 5.89. The number of hydrogen-bond acceptors (Lipinski definition) is 4. The second-order valence-electron chi connectivity index (χ2n) is 4.53. The molecule has 2 aromatic heterocycles. The maximum absolute atomic E-state index is 7.63. The van der Waals surface area contributed by atoms with Crippen molar-refractivity contribution in [2.45, 2.75) is 20.8 Å². The Kier molecular flexibility index (Phi) is 3.05. The maximum Gasteiger partial charge on any atom is 0.229 e. The van der Waals surface area contributed by atoms with Gasteiger partial charge in [0.05, 0.1) is 11.4 Å². The highest BCUT2D eigenvalue weighted by Gasteiger charge is 2.21. The number of nitrogens with two attached hydrogens (primary N) is 1. The molecule has 19 heavy (non-hydrogen) atoms. The molecule has 2 aromatic rings. The van der Waals surface area contributed by atoms with Crippen molar-refractivity contribution in [2.24, 2.45) is 19.8 Å². The topological polar surface area (TPSA) is 94.7 Å². The Bertz CT molecular complexity index is 652. The highest BCUT2D eigenvalue weighted by Crippen LogP contribution is 2.31. The van der Waals surface area contributed by atoms with Crippen molar-refractivity contribution in [3.05, 3.63) is 22.6 Å². The molecule has 2 rings (SSSR count). The highest BCUT2D eigenvalue weighted by atomic mass is 16.5. The SMILES string of the molecule is Cc1nn(C)c(C)c1Oc1c(C(=N)N)c(C)nn1C. The van der Waals surface area contributed by atoms with Gasteiger partial charge in [0.25, 0.3) is 0 Å². The van der Waals surface area contributed by atoms with Gasteiger partial charge in [-0.3, -0.25) is 10.1 Å². The third-order valence-corrected chi connectivity index (χ3v) is 3.08. The molecule has 0 unspecified atom stereocenters. The van der Waals surface area contributed by atoms with Crippen LogP contribution in [0, 0.1) is 26.2 Å². The molecule has 0 saturated carbocycles. The summed E-state index contributed by atoms with van der Waals surface area (Å²) >= 11 is 0. The summed E-state index contributed by atoms with van der Waals surface area (Å²) in [6, 6.07) is 0. The molecule has 0 atom stereocenters. The molecule has 0 aliphatic heterocycles. The van der Waals surface area contributed by atoms with Crippen LogP contribution in [0.2, 0.25) is 0 Å². The first-order chi connectivity index (χ1) is 8.82. The fraction of sp³-hybridized carbons (Fsp3) is 0.417. The molecule has 102 valence electrons. The minimum absolute atomic E-state index is 0.0557. The van der Waals surface area contributed by atoms with Crippen LogP contribution in [0.4, 0.5) is 0 Å². The van der Waals surface area contributed by atoms with E-state index in [0.29, 0.717) is 22.9 Å². The highest BCUT2D eigenvalue weighted by molar-refractivity contribution is 5.98. The number of nitrogens with one attached hydrogen (secondary N) is 1. The fourth-order valence-corrected chi connectivity index (χ4v) is 2.06. The number of aromatic nitrogens is 4. The predicted octanol–water partition coefficient (Wildman–Crippen LogP) is 1.16. The molecule has 0 fully saturated rings. The van der Waals surface area contributed by atoms with Gasteiger partial charge in [-0.05, 0) is 20.8 Å². The van der Waals surface area contributed by atoms with Gasteiger partial charge in [0.15, 0.2) is 5.75 Å². The van der Waals surface area contributed by atoms with E-state index in [1.807, 2.05) is 20.9 Å². The van der Waals surface area contributed by atoms with E-state index in [1.165, 1.54) is 0 Å². The molecule has 0 aliphatic rings. The van der Waals surface area contributed by atoms with Gasteiger partial charge in [0.2, 0.25) is 5.88 Å². The van der Waals surface area contributed by atoms with E-state index in [9.17, 15) is 0 Å². The molecule has 0 amide bonds. The van der Waals surface area contributed by atoms with Crippen LogP contribution in [0.1, 0.15) is 22.6 Å². The van der Waals surface area contributed by atoms with E-state index in [0.717, 1.165) is 11.4 Å². The quantitative estimate of drug-likeness (QED) is 0.641. The van der Waals surface area contributed by atoms with E-state index in [1.54, 1.807) is 23.3 Å². The normalized spacial score (nSPS) is 10.8. The van der Waals surface area contributed by atoms with Crippen LogP contribution in [-0.4, -0.2) is 25.4 Å². The lowest BCUT2D eigenvalue weighted by molar-refractivity contribution is 0.423. The van der Waals surface area contributed by atoms with E-state index in [-0.39, 0.29) is 5.84 Å². The zero-order valence-electron chi connectivity index (χ0n) is 11.8. The summed E-state index contributed by atoms with van der Waals surface area (Å²) in [6.45, 7) is 5.59. The maximum atomic E-state index is 7.63. The van der Waals surface area contributed by atoms with Crippen LogP contribution in [0.3, 0.4) is 0 Å². The summed E-state index contributed by atoms with van der Waals surface area (Å²) in [7, 11) is 3.62. The largest absolute Gasteiger partial charge is 0.435 e. The fourth-order valence-electron chi connectivity index (χ4n) is 2.06. The molecular formula is C12H18N6O. The number of hydrogen-bond donors (Lipinski definition) is 2. The summed E-state index contributed by atoms with van der Waals surface area (Å²) in [5.41, 5.74) is 8.48. The summed E-state index contributed by atoms with van der Waals surface area (Å²) in [5, 5.41) is 16.2. The van der Waals surface area contributed by atoms with Gasteiger partial charge < -0.3 is 10.5 Å². The molecule has 2 heterocycles. The molecule has 0 spiro atoms. The Labute approximate surface area is 111 Å². The number of rotatable bonds is 3. The van der Waals surface area contributed by atoms with Crippen LogP contribution in [0.15, 0.2) is 0 Å². The van der Waals surface area contributed by atoms with Crippen molar-refractivity contribution in [1.29, 1.82) is 5.41 Å². The Morgan fingerprint density at radius 1 is 1.11 bits per heavy atom. The van der Waals surface area contributed by atoms with Crippen molar-refractivity contribution < 1.29 is 4.74 Å². The predicted molar refractivity (Wildman–Crippen MR) is 71.7 cm³/mol. The summed E-state index contributed by atoms with van der Waals surface area (Å²) in [6.07, 6.45) is 0. The van der Waals surface area contributed by atoms with E-state index < -0.39 is 0 Å². The monoisotopic (exact) mass is 262 g/mol. The van der Waals surface area contributed by atoms with Crippen LogP contribution in [0.25, 0.3) is 0 Å². The van der Waals surface area contributed by atoms with E-state index in [4.69, 9.17) is 15.9 Å². The Balaban J connectivity index is 2.52. The summed E-state index contributed by atoms with van der Waals surface area (Å²) in [4.78, 5) is 0. The smallest absolute Gasteiger partial charge is 0.229 e. The van der Waals surface area contributed by atoms with Crippen molar-refractivity contribution in [3.8, 4) is 11.6 Å². The van der Waals surface area contributed by atoms with Crippen LogP contribution >= 0.6 is 0 Å². The molecule has 0 saturated heterocycles. The summed E-state index contributed by atoms with van der Waals surface area (Å²) in [5.74, 6) is 1.08. The van der Waals surface area contributed by atoms with Crippen molar-refractivity contribution in [1.82, 2.24) is 19.6 Å². The Morgan fingerprint density at radius 2 is 1.68 bits per heavy atom. The van der Waals surface area contributed by atoms with Gasteiger partial charge in [-0.1, -0.05) is 0 Å². The lowest BCUT2D eigenvalue weighted by atomic mass is 10.2. The zero-order valence-corrected chi connectivity index (χ0v) is 11.8. The third kappa shape index (κ3) is 2.07. The molecule has 7 nitrogen and oxygen atoms in total. The van der Waals surface area contributed by atoms with Gasteiger partial charge in [-0.15, -0.1) is 0 Å². The Morgan fingerprint density at radius 3 is 2.16 bits per heavy atom. The average molecular weight is 262 g/mol. The van der Waals surface area contributed by atoms with E-state index >= 15 is 0 Å². The molecule has 0 radical (unpaired) electrons. The van der Waals surface area contributed by atoms with Crippen LogP contribution < -0.4 is 10.5 Å². The third-order valence-electron chi connectivity index (χ3n) is 3.08. The molecule has 3 N–H and O–H groups in total. The number of nitrogen functional groups attached to an aromatic ring is 1. The molecule has 0 aromatic carbocycles. The molecule has 0 aliphatic carbocycles. The van der Waals surface area contributed by atoms with Crippen molar-refractivity contribution in [3.63, 3.8) is 0 Å². The lowest BCUT2D eigenvalue weighted by Crippen LogP contribution is -2.13. The standard InChI is InChI=1S/C12H18N6O/c1-6-9(11(13)14)12(18(5)15-6)19-10-7(2)16-17(4)8(10)3/h1-5H3,(H3,13,14).